The summed E-state index contributed by atoms with van der Waals surface area (Å²) in [5.74, 6) is 0.718. The highest BCUT2D eigenvalue weighted by molar-refractivity contribution is 5.62. The van der Waals surface area contributed by atoms with Crippen molar-refractivity contribution in [2.75, 3.05) is 0 Å². The van der Waals surface area contributed by atoms with E-state index in [0.29, 0.717) is 6.04 Å². The van der Waals surface area contributed by atoms with E-state index in [2.05, 4.69) is 23.5 Å². The van der Waals surface area contributed by atoms with Crippen LogP contribution in [0.15, 0.2) is 23.8 Å². The Balaban J connectivity index is 2.08. The smallest absolute Gasteiger partial charge is 0.139 e. The van der Waals surface area contributed by atoms with E-state index in [1.54, 1.807) is 0 Å². The number of hydrogen-bond acceptors (Lipinski definition) is 2. The summed E-state index contributed by atoms with van der Waals surface area (Å²) in [6, 6.07) is 0.403. The molecular formula is C13H19NO. The van der Waals surface area contributed by atoms with Crippen molar-refractivity contribution in [2.24, 2.45) is 5.92 Å². The van der Waals surface area contributed by atoms with Crippen molar-refractivity contribution >= 4 is 6.29 Å². The van der Waals surface area contributed by atoms with Gasteiger partial charge in [0.05, 0.1) is 5.54 Å². The van der Waals surface area contributed by atoms with Crippen LogP contribution in [0.1, 0.15) is 33.1 Å². The van der Waals surface area contributed by atoms with Crippen LogP contribution in [-0.2, 0) is 4.79 Å². The van der Waals surface area contributed by atoms with Gasteiger partial charge in [-0.15, -0.1) is 0 Å². The zero-order chi connectivity index (χ0) is 10.9. The second-order valence-electron chi connectivity index (χ2n) is 5.14. The van der Waals surface area contributed by atoms with Crippen molar-refractivity contribution in [3.63, 3.8) is 0 Å². The van der Waals surface area contributed by atoms with Gasteiger partial charge in [-0.1, -0.05) is 18.2 Å². The van der Waals surface area contributed by atoms with Gasteiger partial charge in [-0.2, -0.15) is 0 Å². The van der Waals surface area contributed by atoms with E-state index in [1.807, 2.05) is 13.8 Å². The fraction of sp³-hybridized carbons (Fsp3) is 0.615. The number of allylic oxidation sites excluding steroid dienone is 3. The van der Waals surface area contributed by atoms with Crippen LogP contribution in [0.5, 0.6) is 0 Å². The van der Waals surface area contributed by atoms with E-state index >= 15 is 0 Å². The van der Waals surface area contributed by atoms with E-state index in [-0.39, 0.29) is 0 Å². The second-order valence-corrected chi connectivity index (χ2v) is 5.14. The number of aldehydes is 1. The number of nitrogens with one attached hydrogen (secondary N) is 1. The summed E-state index contributed by atoms with van der Waals surface area (Å²) >= 11 is 0. The zero-order valence-corrected chi connectivity index (χ0v) is 9.49. The molecule has 0 heterocycles. The molecule has 2 nitrogen and oxygen atoms in total. The quantitative estimate of drug-likeness (QED) is 0.716. The lowest BCUT2D eigenvalue weighted by Gasteiger charge is -2.27. The maximum absolute atomic E-state index is 10.9. The monoisotopic (exact) mass is 205 g/mol. The van der Waals surface area contributed by atoms with Crippen molar-refractivity contribution < 1.29 is 4.79 Å². The predicted molar refractivity (Wildman–Crippen MR) is 61.6 cm³/mol. The average Bonchev–Trinajstić information content (AvgIpc) is 2.62. The Morgan fingerprint density at radius 1 is 1.47 bits per heavy atom. The summed E-state index contributed by atoms with van der Waals surface area (Å²) in [5.41, 5.74) is 1.09. The molecule has 0 amide bonds. The second kappa shape index (κ2) is 3.93. The molecule has 0 radical (unpaired) electrons. The molecule has 15 heavy (non-hydrogen) atoms. The summed E-state index contributed by atoms with van der Waals surface area (Å²) in [6.07, 6.45) is 11.2. The molecule has 0 saturated heterocycles. The molecule has 2 rings (SSSR count). The molecule has 0 aromatic carbocycles. The molecule has 2 aliphatic carbocycles. The summed E-state index contributed by atoms with van der Waals surface area (Å²) in [7, 11) is 0. The average molecular weight is 205 g/mol. The Hall–Kier alpha value is -0.890. The number of rotatable bonds is 3. The highest BCUT2D eigenvalue weighted by atomic mass is 16.1. The number of hydrogen-bond donors (Lipinski definition) is 1. The normalized spacial score (nSPS) is 29.9. The van der Waals surface area contributed by atoms with Crippen LogP contribution in [0.2, 0.25) is 0 Å². The van der Waals surface area contributed by atoms with E-state index in [9.17, 15) is 4.79 Å². The minimum Gasteiger partial charge on any atom is -0.301 e. The Labute approximate surface area is 91.4 Å². The van der Waals surface area contributed by atoms with Crippen molar-refractivity contribution in [3.8, 4) is 0 Å². The predicted octanol–water partition coefficient (Wildman–Crippen LogP) is 2.22. The molecule has 2 aliphatic rings. The third-order valence-electron chi connectivity index (χ3n) is 3.36. The van der Waals surface area contributed by atoms with Crippen molar-refractivity contribution in [2.45, 2.75) is 44.7 Å². The molecule has 1 saturated carbocycles. The topological polar surface area (TPSA) is 29.1 Å². The standard InChI is InChI=1S/C13H19NO/c1-13(2,9-15)14-12-8-7-10-5-3-4-6-11(10)12/h3-4,6,9-10,12,14H,5,7-8H2,1-2H3. The van der Waals surface area contributed by atoms with Gasteiger partial charge in [-0.3, -0.25) is 5.32 Å². The zero-order valence-electron chi connectivity index (χ0n) is 9.49. The number of carbonyl (C=O) groups is 1. The van der Waals surface area contributed by atoms with Gasteiger partial charge in [0.25, 0.3) is 0 Å². The van der Waals surface area contributed by atoms with Crippen LogP contribution in [0.4, 0.5) is 0 Å². The van der Waals surface area contributed by atoms with Crippen molar-refractivity contribution in [3.05, 3.63) is 23.8 Å². The Bertz CT molecular complexity index is 314. The maximum atomic E-state index is 10.9. The van der Waals surface area contributed by atoms with E-state index in [0.717, 1.165) is 18.6 Å². The van der Waals surface area contributed by atoms with Crippen LogP contribution in [-0.4, -0.2) is 17.9 Å². The first kappa shape index (κ1) is 10.6. The lowest BCUT2D eigenvalue weighted by atomic mass is 9.92. The lowest BCUT2D eigenvalue weighted by Crippen LogP contribution is -2.47. The first-order valence-electron chi connectivity index (χ1n) is 5.73. The third kappa shape index (κ3) is 2.20. The third-order valence-corrected chi connectivity index (χ3v) is 3.36. The van der Waals surface area contributed by atoms with Gasteiger partial charge in [0.1, 0.15) is 6.29 Å². The first-order chi connectivity index (χ1) is 7.12. The SMILES string of the molecule is CC(C)(C=O)NC1CCC2CC=CC=C21. The molecule has 0 aliphatic heterocycles. The molecule has 82 valence electrons. The molecule has 2 unspecified atom stereocenters. The Kier molecular flexibility index (Phi) is 2.79. The molecule has 0 aromatic rings. The van der Waals surface area contributed by atoms with Gasteiger partial charge >= 0.3 is 0 Å². The summed E-state index contributed by atoms with van der Waals surface area (Å²) < 4.78 is 0. The maximum Gasteiger partial charge on any atom is 0.139 e. The molecule has 0 aromatic heterocycles. The van der Waals surface area contributed by atoms with Gasteiger partial charge in [-0.05, 0) is 44.6 Å². The van der Waals surface area contributed by atoms with Crippen LogP contribution in [0, 0.1) is 5.92 Å². The summed E-state index contributed by atoms with van der Waals surface area (Å²) in [5, 5.41) is 3.43. The van der Waals surface area contributed by atoms with Gasteiger partial charge in [0.15, 0.2) is 0 Å². The number of fused-ring (bicyclic) bond motifs is 1. The highest BCUT2D eigenvalue weighted by Crippen LogP contribution is 2.36. The highest BCUT2D eigenvalue weighted by Gasteiger charge is 2.33. The first-order valence-corrected chi connectivity index (χ1v) is 5.73. The van der Waals surface area contributed by atoms with Crippen LogP contribution >= 0.6 is 0 Å². The Morgan fingerprint density at radius 2 is 2.27 bits per heavy atom. The molecule has 1 N–H and O–H groups in total. The van der Waals surface area contributed by atoms with Gasteiger partial charge in [-0.25, -0.2) is 0 Å². The van der Waals surface area contributed by atoms with Crippen molar-refractivity contribution in [1.29, 1.82) is 0 Å². The van der Waals surface area contributed by atoms with Gasteiger partial charge in [0, 0.05) is 6.04 Å². The minimum absolute atomic E-state index is 0.401. The van der Waals surface area contributed by atoms with Crippen LogP contribution in [0.3, 0.4) is 0 Å². The van der Waals surface area contributed by atoms with E-state index in [1.165, 1.54) is 18.4 Å². The van der Waals surface area contributed by atoms with Crippen LogP contribution in [0.25, 0.3) is 0 Å². The molecule has 0 bridgehead atoms. The molecule has 1 fully saturated rings. The largest absolute Gasteiger partial charge is 0.301 e. The van der Waals surface area contributed by atoms with E-state index < -0.39 is 5.54 Å². The van der Waals surface area contributed by atoms with E-state index in [4.69, 9.17) is 0 Å². The fourth-order valence-electron chi connectivity index (χ4n) is 2.55. The lowest BCUT2D eigenvalue weighted by molar-refractivity contribution is -0.112. The number of carbonyl (C=O) groups excluding carboxylic acids is 1. The summed E-state index contributed by atoms with van der Waals surface area (Å²) in [4.78, 5) is 10.9. The van der Waals surface area contributed by atoms with Crippen molar-refractivity contribution in [1.82, 2.24) is 5.32 Å². The molecule has 2 atom stereocenters. The van der Waals surface area contributed by atoms with Crippen LogP contribution < -0.4 is 5.32 Å². The Morgan fingerprint density at radius 3 is 3.00 bits per heavy atom. The summed E-state index contributed by atoms with van der Waals surface area (Å²) in [6.45, 7) is 3.87. The molecule has 0 spiro atoms. The fourth-order valence-corrected chi connectivity index (χ4v) is 2.55. The van der Waals surface area contributed by atoms with Gasteiger partial charge in [0.2, 0.25) is 0 Å². The molecular weight excluding hydrogens is 186 g/mol. The molecule has 2 heteroatoms. The van der Waals surface area contributed by atoms with Gasteiger partial charge < -0.3 is 4.79 Å². The minimum atomic E-state index is -0.401.